The van der Waals surface area contributed by atoms with E-state index in [2.05, 4.69) is 4.98 Å². The van der Waals surface area contributed by atoms with E-state index in [4.69, 9.17) is 16.3 Å². The van der Waals surface area contributed by atoms with Gasteiger partial charge in [0.1, 0.15) is 11.4 Å². The van der Waals surface area contributed by atoms with E-state index in [9.17, 15) is 9.90 Å². The van der Waals surface area contributed by atoms with Crippen LogP contribution in [0.5, 0.6) is 5.75 Å². The highest BCUT2D eigenvalue weighted by atomic mass is 35.5. The molecule has 0 spiro atoms. The fraction of sp³-hybridized carbons (Fsp3) is 0.263. The molecule has 0 radical (unpaired) electrons. The van der Waals surface area contributed by atoms with E-state index in [1.54, 1.807) is 37.3 Å². The molecule has 0 fully saturated rings. The second-order valence-electron chi connectivity index (χ2n) is 5.60. The summed E-state index contributed by atoms with van der Waals surface area (Å²) in [5, 5.41) is 10.8. The number of nitrogens with zero attached hydrogens (tertiary/aromatic N) is 1. The molecule has 4 nitrogen and oxygen atoms in total. The van der Waals surface area contributed by atoms with E-state index in [1.807, 2.05) is 6.07 Å². The Balaban J connectivity index is 2.05. The normalized spacial score (nSPS) is 14.1. The molecule has 1 aromatic carbocycles. The Bertz CT molecular complexity index is 814. The molecule has 3 rings (SSSR count). The Morgan fingerprint density at radius 3 is 2.83 bits per heavy atom. The van der Waals surface area contributed by atoms with Crippen LogP contribution in [0.2, 0.25) is 5.02 Å². The first-order chi connectivity index (χ1) is 11.6. The summed E-state index contributed by atoms with van der Waals surface area (Å²) in [6, 6.07) is 10.4. The van der Waals surface area contributed by atoms with Crippen molar-refractivity contribution < 1.29 is 14.6 Å². The van der Waals surface area contributed by atoms with Gasteiger partial charge >= 0.3 is 5.97 Å². The van der Waals surface area contributed by atoms with Crippen LogP contribution in [-0.4, -0.2) is 22.7 Å². The number of allylic oxidation sites excluding steroid dienone is 2. The van der Waals surface area contributed by atoms with Gasteiger partial charge in [-0.3, -0.25) is 0 Å². The van der Waals surface area contributed by atoms with Gasteiger partial charge in [-0.2, -0.15) is 0 Å². The van der Waals surface area contributed by atoms with E-state index in [-0.39, 0.29) is 5.75 Å². The van der Waals surface area contributed by atoms with Crippen molar-refractivity contribution in [2.24, 2.45) is 0 Å². The maximum Gasteiger partial charge on any atom is 0.356 e. The second kappa shape index (κ2) is 7.05. The predicted octanol–water partition coefficient (Wildman–Crippen LogP) is 4.71. The van der Waals surface area contributed by atoms with Crippen molar-refractivity contribution in [2.75, 3.05) is 6.61 Å². The Hall–Kier alpha value is -2.33. The molecule has 1 aliphatic carbocycles. The number of phenolic OH excluding ortho intramolecular Hbond substituents is 1. The number of hydrogen-bond acceptors (Lipinski definition) is 4. The van der Waals surface area contributed by atoms with Crippen molar-refractivity contribution in [1.82, 2.24) is 4.98 Å². The monoisotopic (exact) mass is 343 g/mol. The summed E-state index contributed by atoms with van der Waals surface area (Å²) in [6.07, 6.45) is 2.66. The number of hydrogen-bond donors (Lipinski definition) is 1. The lowest BCUT2D eigenvalue weighted by Gasteiger charge is -2.11. The Morgan fingerprint density at radius 2 is 2.04 bits per heavy atom. The number of carbonyl (C=O) groups excluding carboxylic acids is 1. The van der Waals surface area contributed by atoms with Gasteiger partial charge in [-0.05, 0) is 67.7 Å². The fourth-order valence-corrected chi connectivity index (χ4v) is 3.17. The summed E-state index contributed by atoms with van der Waals surface area (Å²) in [7, 11) is 0. The number of phenols is 1. The van der Waals surface area contributed by atoms with E-state index in [0.29, 0.717) is 17.3 Å². The average Bonchev–Trinajstić information content (AvgIpc) is 3.07. The SMILES string of the molecule is CCOC(=O)c1cccc(C2=C(c3cc(Cl)ccc3O)CCC2)n1. The van der Waals surface area contributed by atoms with Crippen molar-refractivity contribution in [3.8, 4) is 5.75 Å². The number of aromatic hydroxyl groups is 1. The van der Waals surface area contributed by atoms with E-state index >= 15 is 0 Å². The molecular weight excluding hydrogens is 326 g/mol. The van der Waals surface area contributed by atoms with Gasteiger partial charge in [0.25, 0.3) is 0 Å². The number of halogens is 1. The first-order valence-electron chi connectivity index (χ1n) is 7.95. The van der Waals surface area contributed by atoms with E-state index in [0.717, 1.165) is 41.7 Å². The minimum atomic E-state index is -0.426. The molecule has 0 amide bonds. The van der Waals surface area contributed by atoms with Gasteiger partial charge < -0.3 is 9.84 Å². The summed E-state index contributed by atoms with van der Waals surface area (Å²) < 4.78 is 5.02. The first kappa shape index (κ1) is 16.5. The molecule has 24 heavy (non-hydrogen) atoms. The van der Waals surface area contributed by atoms with Crippen LogP contribution in [0, 0.1) is 0 Å². The molecule has 0 atom stereocenters. The van der Waals surface area contributed by atoms with Crippen molar-refractivity contribution in [1.29, 1.82) is 0 Å². The quantitative estimate of drug-likeness (QED) is 0.816. The zero-order chi connectivity index (χ0) is 17.1. The molecule has 1 N–H and O–H groups in total. The van der Waals surface area contributed by atoms with E-state index < -0.39 is 5.97 Å². The van der Waals surface area contributed by atoms with Gasteiger partial charge in [-0.15, -0.1) is 0 Å². The van der Waals surface area contributed by atoms with Crippen molar-refractivity contribution in [2.45, 2.75) is 26.2 Å². The zero-order valence-electron chi connectivity index (χ0n) is 13.4. The minimum absolute atomic E-state index is 0.204. The first-order valence-corrected chi connectivity index (χ1v) is 8.33. The molecule has 0 bridgehead atoms. The number of esters is 1. The van der Waals surface area contributed by atoms with Gasteiger partial charge in [-0.1, -0.05) is 17.7 Å². The van der Waals surface area contributed by atoms with Crippen molar-refractivity contribution in [3.63, 3.8) is 0 Å². The smallest absolute Gasteiger partial charge is 0.356 e. The lowest BCUT2D eigenvalue weighted by atomic mass is 9.99. The van der Waals surface area contributed by atoms with Gasteiger partial charge in [0.05, 0.1) is 12.3 Å². The number of rotatable bonds is 4. The molecule has 5 heteroatoms. The molecule has 0 unspecified atom stereocenters. The average molecular weight is 344 g/mol. The van der Waals surface area contributed by atoms with Crippen molar-refractivity contribution >= 4 is 28.7 Å². The molecule has 1 heterocycles. The van der Waals surface area contributed by atoms with Gasteiger partial charge in [0.15, 0.2) is 0 Å². The molecular formula is C19H18ClNO3. The van der Waals surface area contributed by atoms with Crippen LogP contribution >= 0.6 is 11.6 Å². The lowest BCUT2D eigenvalue weighted by molar-refractivity contribution is 0.0519. The molecule has 0 saturated heterocycles. The molecule has 1 aromatic heterocycles. The number of aromatic nitrogens is 1. The summed E-state index contributed by atoms with van der Waals surface area (Å²) in [5.41, 5.74) is 3.84. The maximum atomic E-state index is 11.9. The van der Waals surface area contributed by atoms with Gasteiger partial charge in [-0.25, -0.2) is 9.78 Å². The highest BCUT2D eigenvalue weighted by Gasteiger charge is 2.22. The van der Waals surface area contributed by atoms with Crippen LogP contribution in [0.3, 0.4) is 0 Å². The Kier molecular flexibility index (Phi) is 4.86. The minimum Gasteiger partial charge on any atom is -0.507 e. The van der Waals surface area contributed by atoms with Crippen LogP contribution in [-0.2, 0) is 4.74 Å². The molecule has 1 aliphatic rings. The third-order valence-corrected chi connectivity index (χ3v) is 4.28. The third-order valence-electron chi connectivity index (χ3n) is 4.04. The molecule has 0 aliphatic heterocycles. The van der Waals surface area contributed by atoms with Crippen molar-refractivity contribution in [3.05, 3.63) is 58.4 Å². The predicted molar refractivity (Wildman–Crippen MR) is 94.0 cm³/mol. The number of pyridine rings is 1. The summed E-state index contributed by atoms with van der Waals surface area (Å²) in [6.45, 7) is 2.08. The standard InChI is InChI=1S/C19H18ClNO3/c1-2-24-19(23)17-8-4-7-16(21-17)14-6-3-5-13(14)15-11-12(20)9-10-18(15)22/h4,7-11,22H,2-3,5-6H2,1H3. The molecule has 0 saturated carbocycles. The second-order valence-corrected chi connectivity index (χ2v) is 6.04. The van der Waals surface area contributed by atoms with Crippen LogP contribution < -0.4 is 0 Å². The van der Waals surface area contributed by atoms with E-state index in [1.165, 1.54) is 0 Å². The number of benzene rings is 1. The summed E-state index contributed by atoms with van der Waals surface area (Å²) in [5.74, 6) is -0.222. The maximum absolute atomic E-state index is 11.9. The summed E-state index contributed by atoms with van der Waals surface area (Å²) in [4.78, 5) is 16.4. The van der Waals surface area contributed by atoms with Crippen LogP contribution in [0.1, 0.15) is 47.9 Å². The Labute approximate surface area is 145 Å². The Morgan fingerprint density at radius 1 is 1.25 bits per heavy atom. The third kappa shape index (κ3) is 3.29. The van der Waals surface area contributed by atoms with Crippen LogP contribution in [0.15, 0.2) is 36.4 Å². The van der Waals surface area contributed by atoms with Gasteiger partial charge in [0.2, 0.25) is 0 Å². The highest BCUT2D eigenvalue weighted by Crippen LogP contribution is 2.42. The number of carbonyl (C=O) groups is 1. The highest BCUT2D eigenvalue weighted by molar-refractivity contribution is 6.30. The van der Waals surface area contributed by atoms with Crippen LogP contribution in [0.4, 0.5) is 0 Å². The lowest BCUT2D eigenvalue weighted by Crippen LogP contribution is -2.08. The zero-order valence-corrected chi connectivity index (χ0v) is 14.1. The van der Waals surface area contributed by atoms with Crippen LogP contribution in [0.25, 0.3) is 11.1 Å². The molecule has 2 aromatic rings. The fourth-order valence-electron chi connectivity index (χ4n) is 3.00. The number of ether oxygens (including phenoxy) is 1. The molecule has 124 valence electrons. The van der Waals surface area contributed by atoms with Gasteiger partial charge in [0, 0.05) is 10.6 Å². The topological polar surface area (TPSA) is 59.4 Å². The largest absolute Gasteiger partial charge is 0.507 e. The summed E-state index contributed by atoms with van der Waals surface area (Å²) >= 11 is 6.08.